The molecule has 3 aromatic rings. The number of carbonyl (C=O) groups is 1. The van der Waals surface area contributed by atoms with Crippen molar-refractivity contribution < 1.29 is 4.79 Å². The second kappa shape index (κ2) is 8.45. The van der Waals surface area contributed by atoms with Crippen molar-refractivity contribution in [3.8, 4) is 0 Å². The molecular weight excluding hydrogens is 336 g/mol. The number of rotatable bonds is 6. The zero-order chi connectivity index (χ0) is 19.2. The van der Waals surface area contributed by atoms with Crippen molar-refractivity contribution in [2.75, 3.05) is 5.32 Å². The van der Waals surface area contributed by atoms with Crippen LogP contribution in [0.3, 0.4) is 0 Å². The predicted molar refractivity (Wildman–Crippen MR) is 111 cm³/mol. The van der Waals surface area contributed by atoms with Crippen molar-refractivity contribution in [1.29, 1.82) is 5.41 Å². The second-order valence-electron chi connectivity index (χ2n) is 6.80. The fourth-order valence-corrected chi connectivity index (χ4v) is 3.13. The lowest BCUT2D eigenvalue weighted by molar-refractivity contribution is 0.249. The second-order valence-corrected chi connectivity index (χ2v) is 6.80. The van der Waals surface area contributed by atoms with Crippen molar-refractivity contribution in [2.24, 2.45) is 0 Å². The quantitative estimate of drug-likeness (QED) is 0.557. The minimum absolute atomic E-state index is 0.129. The van der Waals surface area contributed by atoms with Crippen LogP contribution in [0.1, 0.15) is 24.6 Å². The number of pyridine rings is 1. The van der Waals surface area contributed by atoms with Crippen molar-refractivity contribution in [2.45, 2.75) is 32.7 Å². The van der Waals surface area contributed by atoms with Crippen LogP contribution in [0.2, 0.25) is 0 Å². The maximum absolute atomic E-state index is 12.4. The molecule has 3 rings (SSSR count). The molecule has 0 saturated carbocycles. The summed E-state index contributed by atoms with van der Waals surface area (Å²) in [4.78, 5) is 16.9. The summed E-state index contributed by atoms with van der Waals surface area (Å²) in [6, 6.07) is 19.1. The van der Waals surface area contributed by atoms with E-state index in [1.165, 1.54) is 0 Å². The minimum Gasteiger partial charge on any atom is -0.335 e. The summed E-state index contributed by atoms with van der Waals surface area (Å²) in [5, 5.41) is 14.9. The number of amides is 2. The summed E-state index contributed by atoms with van der Waals surface area (Å²) in [6.45, 7) is 3.82. The van der Waals surface area contributed by atoms with Crippen molar-refractivity contribution >= 4 is 28.3 Å². The van der Waals surface area contributed by atoms with E-state index in [-0.39, 0.29) is 12.1 Å². The molecule has 5 heteroatoms. The number of nitrogens with one attached hydrogen (secondary N) is 3. The van der Waals surface area contributed by atoms with Gasteiger partial charge in [0.2, 0.25) is 0 Å². The van der Waals surface area contributed by atoms with Crippen LogP contribution < -0.4 is 10.6 Å². The van der Waals surface area contributed by atoms with Gasteiger partial charge in [-0.05, 0) is 31.5 Å². The van der Waals surface area contributed by atoms with Gasteiger partial charge in [0, 0.05) is 35.7 Å². The number of anilines is 1. The monoisotopic (exact) mass is 360 g/mol. The first kappa shape index (κ1) is 18.6. The summed E-state index contributed by atoms with van der Waals surface area (Å²) >= 11 is 0. The van der Waals surface area contributed by atoms with Crippen molar-refractivity contribution in [3.63, 3.8) is 0 Å². The molecule has 3 N–H and O–H groups in total. The van der Waals surface area contributed by atoms with Gasteiger partial charge in [-0.3, -0.25) is 4.98 Å². The van der Waals surface area contributed by atoms with E-state index < -0.39 is 0 Å². The summed E-state index contributed by atoms with van der Waals surface area (Å²) in [5.74, 6) is 0. The van der Waals surface area contributed by atoms with Gasteiger partial charge < -0.3 is 16.0 Å². The molecule has 1 unspecified atom stereocenters. The number of fused-ring (bicyclic) bond motifs is 1. The van der Waals surface area contributed by atoms with E-state index in [9.17, 15) is 4.79 Å². The first-order valence-corrected chi connectivity index (χ1v) is 9.05. The first-order valence-electron chi connectivity index (χ1n) is 9.05. The Labute approximate surface area is 159 Å². The Morgan fingerprint density at radius 3 is 2.59 bits per heavy atom. The average molecular weight is 360 g/mol. The first-order chi connectivity index (χ1) is 13.0. The Hall–Kier alpha value is -3.21. The Balaban J connectivity index is 1.58. The average Bonchev–Trinajstić information content (AvgIpc) is 2.62. The van der Waals surface area contributed by atoms with Gasteiger partial charge in [0.1, 0.15) is 0 Å². The number of para-hydroxylation sites is 1. The minimum atomic E-state index is -0.272. The topological polar surface area (TPSA) is 77.9 Å². The third-order valence-corrected chi connectivity index (χ3v) is 4.28. The van der Waals surface area contributed by atoms with Gasteiger partial charge in [-0.15, -0.1) is 0 Å². The Kier molecular flexibility index (Phi) is 5.81. The highest BCUT2D eigenvalue weighted by Gasteiger charge is 2.12. The smallest absolute Gasteiger partial charge is 0.319 e. The van der Waals surface area contributed by atoms with E-state index in [1.54, 1.807) is 0 Å². The highest BCUT2D eigenvalue weighted by atomic mass is 16.2. The van der Waals surface area contributed by atoms with E-state index in [0.717, 1.165) is 27.8 Å². The van der Waals surface area contributed by atoms with Gasteiger partial charge in [0.05, 0.1) is 11.2 Å². The number of hydrogen-bond donors (Lipinski definition) is 3. The molecule has 1 aromatic heterocycles. The molecule has 0 aliphatic heterocycles. The van der Waals surface area contributed by atoms with Gasteiger partial charge in [0.25, 0.3) is 0 Å². The normalized spacial score (nSPS) is 11.8. The Morgan fingerprint density at radius 1 is 1.11 bits per heavy atom. The zero-order valence-electron chi connectivity index (χ0n) is 15.6. The number of aryl methyl sites for hydroxylation is 1. The van der Waals surface area contributed by atoms with E-state index in [2.05, 4.69) is 15.6 Å². The molecule has 2 amide bonds. The molecule has 2 aromatic carbocycles. The number of nitrogens with zero attached hydrogens (tertiary/aromatic N) is 1. The lowest BCUT2D eigenvalue weighted by Crippen LogP contribution is -2.37. The van der Waals surface area contributed by atoms with Gasteiger partial charge in [-0.1, -0.05) is 48.5 Å². The molecular formula is C22H24N4O. The van der Waals surface area contributed by atoms with Crippen LogP contribution in [0.25, 0.3) is 10.9 Å². The van der Waals surface area contributed by atoms with Gasteiger partial charge in [0.15, 0.2) is 0 Å². The summed E-state index contributed by atoms with van der Waals surface area (Å²) in [6.07, 6.45) is 1.11. The molecule has 0 aliphatic rings. The van der Waals surface area contributed by atoms with Crippen LogP contribution in [0.5, 0.6) is 0 Å². The van der Waals surface area contributed by atoms with Crippen molar-refractivity contribution in [1.82, 2.24) is 10.3 Å². The van der Waals surface area contributed by atoms with Crippen LogP contribution in [0, 0.1) is 12.3 Å². The lowest BCUT2D eigenvalue weighted by Gasteiger charge is -2.16. The number of benzene rings is 2. The van der Waals surface area contributed by atoms with E-state index >= 15 is 0 Å². The van der Waals surface area contributed by atoms with Crippen LogP contribution in [-0.4, -0.2) is 22.8 Å². The van der Waals surface area contributed by atoms with Crippen LogP contribution in [-0.2, 0) is 6.42 Å². The molecule has 0 spiro atoms. The van der Waals surface area contributed by atoms with Crippen LogP contribution >= 0.6 is 0 Å². The maximum Gasteiger partial charge on any atom is 0.319 e. The van der Waals surface area contributed by atoms with Crippen LogP contribution in [0.15, 0.2) is 60.7 Å². The predicted octanol–water partition coefficient (Wildman–Crippen LogP) is 4.71. The van der Waals surface area contributed by atoms with Gasteiger partial charge in [-0.25, -0.2) is 4.79 Å². The van der Waals surface area contributed by atoms with E-state index in [0.29, 0.717) is 18.6 Å². The lowest BCUT2D eigenvalue weighted by atomic mass is 10.0. The zero-order valence-corrected chi connectivity index (χ0v) is 15.6. The molecule has 0 bridgehead atoms. The van der Waals surface area contributed by atoms with E-state index in [1.807, 2.05) is 74.5 Å². The highest BCUT2D eigenvalue weighted by Crippen LogP contribution is 2.22. The molecule has 27 heavy (non-hydrogen) atoms. The molecule has 138 valence electrons. The molecule has 1 heterocycles. The van der Waals surface area contributed by atoms with Gasteiger partial charge >= 0.3 is 6.03 Å². The Morgan fingerprint density at radius 2 is 1.81 bits per heavy atom. The summed E-state index contributed by atoms with van der Waals surface area (Å²) in [7, 11) is 0. The maximum atomic E-state index is 12.4. The fourth-order valence-electron chi connectivity index (χ4n) is 3.13. The molecule has 0 saturated heterocycles. The third-order valence-electron chi connectivity index (χ3n) is 4.28. The highest BCUT2D eigenvalue weighted by molar-refractivity contribution is 6.00. The van der Waals surface area contributed by atoms with E-state index in [4.69, 9.17) is 5.41 Å². The molecule has 0 fully saturated rings. The number of carbonyl (C=O) groups excluding carboxylic acids is 1. The third kappa shape index (κ3) is 5.14. The Bertz CT molecular complexity index is 953. The molecule has 1 atom stereocenters. The number of aromatic nitrogens is 1. The number of urea groups is 1. The van der Waals surface area contributed by atoms with Crippen LogP contribution in [0.4, 0.5) is 10.5 Å². The number of hydrogen-bond acceptors (Lipinski definition) is 3. The summed E-state index contributed by atoms with van der Waals surface area (Å²) in [5.41, 5.74) is 4.14. The fraction of sp³-hybridized carbons (Fsp3) is 0.227. The largest absolute Gasteiger partial charge is 0.335 e. The molecule has 0 radical (unpaired) electrons. The van der Waals surface area contributed by atoms with Gasteiger partial charge in [-0.2, -0.15) is 0 Å². The summed E-state index contributed by atoms with van der Waals surface area (Å²) < 4.78 is 0. The molecule has 5 nitrogen and oxygen atoms in total. The standard InChI is InChI=1S/C22H24N4O/c1-15(12-18(23)14-17-8-4-3-5-9-17)25-22(27)26-21-13-16(2)24-20-11-7-6-10-19(20)21/h3-11,13,15,23H,12,14H2,1-2H3,(H2,24,25,26,27). The van der Waals surface area contributed by atoms with Crippen molar-refractivity contribution in [3.05, 3.63) is 71.9 Å². The molecule has 0 aliphatic carbocycles. The SMILES string of the molecule is Cc1cc(NC(=O)NC(C)CC(=N)Cc2ccccc2)c2ccccc2n1.